The maximum atomic E-state index is 10.6. The SMILES string of the molecule is COCN1N=CC(I)=NC1c1ccc([N+](=O)[O-])cc1. The lowest BCUT2D eigenvalue weighted by Crippen LogP contribution is -2.28. The average molecular weight is 374 g/mol. The second-order valence-corrected chi connectivity index (χ2v) is 4.88. The minimum absolute atomic E-state index is 0.0556. The van der Waals surface area contributed by atoms with Crippen LogP contribution in [0.2, 0.25) is 0 Å². The third kappa shape index (κ3) is 3.26. The van der Waals surface area contributed by atoms with Gasteiger partial charge in [-0.1, -0.05) is 0 Å². The van der Waals surface area contributed by atoms with E-state index >= 15 is 0 Å². The monoisotopic (exact) mass is 374 g/mol. The molecule has 2 rings (SSSR count). The summed E-state index contributed by atoms with van der Waals surface area (Å²) in [6.45, 7) is 0.297. The minimum atomic E-state index is -0.428. The quantitative estimate of drug-likeness (QED) is 0.460. The Kier molecular flexibility index (Phi) is 4.43. The number of ether oxygens (including phenoxy) is 1. The summed E-state index contributed by atoms with van der Waals surface area (Å²) in [5.41, 5.74) is 0.883. The van der Waals surface area contributed by atoms with Crippen LogP contribution in [0.15, 0.2) is 34.4 Å². The number of hydrogen-bond donors (Lipinski definition) is 0. The molecule has 100 valence electrons. The summed E-state index contributed by atoms with van der Waals surface area (Å²) >= 11 is 2.08. The fourth-order valence-corrected chi connectivity index (χ4v) is 2.04. The number of rotatable bonds is 4. The molecule has 0 saturated carbocycles. The summed E-state index contributed by atoms with van der Waals surface area (Å²) < 4.78 is 5.83. The largest absolute Gasteiger partial charge is 0.363 e. The predicted octanol–water partition coefficient (Wildman–Crippen LogP) is 2.33. The molecule has 0 amide bonds. The summed E-state index contributed by atoms with van der Waals surface area (Å²) in [5, 5.41) is 16.5. The first-order chi connectivity index (χ1) is 9.11. The van der Waals surface area contributed by atoms with Crippen molar-refractivity contribution in [2.75, 3.05) is 13.8 Å². The summed E-state index contributed by atoms with van der Waals surface area (Å²) in [6, 6.07) is 6.28. The van der Waals surface area contributed by atoms with Crippen molar-refractivity contribution in [2.45, 2.75) is 6.17 Å². The van der Waals surface area contributed by atoms with Crippen molar-refractivity contribution in [3.05, 3.63) is 39.9 Å². The van der Waals surface area contributed by atoms with Crippen molar-refractivity contribution in [1.82, 2.24) is 5.01 Å². The van der Waals surface area contributed by atoms with Gasteiger partial charge in [-0.2, -0.15) is 5.10 Å². The van der Waals surface area contributed by atoms with E-state index in [9.17, 15) is 10.1 Å². The second-order valence-electron chi connectivity index (χ2n) is 3.78. The molecule has 8 heteroatoms. The number of hydrogen-bond acceptors (Lipinski definition) is 6. The van der Waals surface area contributed by atoms with Crippen molar-refractivity contribution < 1.29 is 9.66 Å². The minimum Gasteiger partial charge on any atom is -0.363 e. The first kappa shape index (κ1) is 13.9. The van der Waals surface area contributed by atoms with Crippen LogP contribution in [0.1, 0.15) is 11.7 Å². The standard InChI is InChI=1S/C11H11IN4O3/c1-19-7-15-11(14-10(12)6-13-15)8-2-4-9(5-3-8)16(17)18/h2-6,11H,7H2,1H3. The van der Waals surface area contributed by atoms with Gasteiger partial charge in [0.15, 0.2) is 6.17 Å². The lowest BCUT2D eigenvalue weighted by molar-refractivity contribution is -0.384. The second kappa shape index (κ2) is 6.06. The maximum Gasteiger partial charge on any atom is 0.269 e. The lowest BCUT2D eigenvalue weighted by atomic mass is 10.1. The van der Waals surface area contributed by atoms with Crippen LogP contribution >= 0.6 is 22.6 Å². The molecule has 0 aromatic heterocycles. The number of benzene rings is 1. The molecule has 1 aromatic carbocycles. The van der Waals surface area contributed by atoms with E-state index in [4.69, 9.17) is 4.74 Å². The number of hydrazone groups is 1. The van der Waals surface area contributed by atoms with E-state index in [0.717, 1.165) is 9.28 Å². The normalized spacial score (nSPS) is 18.3. The molecule has 0 bridgehead atoms. The van der Waals surface area contributed by atoms with Crippen LogP contribution in [0, 0.1) is 10.1 Å². The van der Waals surface area contributed by atoms with Crippen LogP contribution in [0.3, 0.4) is 0 Å². The molecule has 0 N–H and O–H groups in total. The zero-order chi connectivity index (χ0) is 13.8. The Morgan fingerprint density at radius 2 is 2.16 bits per heavy atom. The third-order valence-corrected chi connectivity index (χ3v) is 3.06. The third-order valence-electron chi connectivity index (χ3n) is 2.50. The van der Waals surface area contributed by atoms with Crippen LogP contribution in [-0.4, -0.2) is 33.7 Å². The van der Waals surface area contributed by atoms with Gasteiger partial charge in [0.1, 0.15) is 10.4 Å². The lowest BCUT2D eigenvalue weighted by Gasteiger charge is -2.28. The van der Waals surface area contributed by atoms with E-state index in [1.807, 2.05) is 0 Å². The molecule has 0 fully saturated rings. The molecule has 0 radical (unpaired) electrons. The van der Waals surface area contributed by atoms with E-state index in [1.54, 1.807) is 30.5 Å². The number of aliphatic imine (C=N–C) groups is 1. The molecule has 19 heavy (non-hydrogen) atoms. The molecule has 1 aliphatic rings. The van der Waals surface area contributed by atoms with Gasteiger partial charge >= 0.3 is 0 Å². The smallest absolute Gasteiger partial charge is 0.269 e. The van der Waals surface area contributed by atoms with Crippen LogP contribution in [-0.2, 0) is 4.74 Å². The number of nitro benzene ring substituents is 1. The van der Waals surface area contributed by atoms with Crippen LogP contribution in [0.5, 0.6) is 0 Å². The molecule has 0 saturated heterocycles. The Morgan fingerprint density at radius 1 is 1.47 bits per heavy atom. The molecule has 1 heterocycles. The fraction of sp³-hybridized carbons (Fsp3) is 0.273. The summed E-state index contributed by atoms with van der Waals surface area (Å²) in [7, 11) is 1.58. The Balaban J connectivity index is 2.27. The average Bonchev–Trinajstić information content (AvgIpc) is 2.41. The highest BCUT2D eigenvalue weighted by molar-refractivity contribution is 14.1. The first-order valence-electron chi connectivity index (χ1n) is 5.39. The highest BCUT2D eigenvalue weighted by Gasteiger charge is 2.21. The predicted molar refractivity (Wildman–Crippen MR) is 79.5 cm³/mol. The number of nitro groups is 1. The van der Waals surface area contributed by atoms with E-state index in [2.05, 4.69) is 32.7 Å². The van der Waals surface area contributed by atoms with E-state index in [0.29, 0.717) is 6.73 Å². The molecule has 0 spiro atoms. The van der Waals surface area contributed by atoms with E-state index < -0.39 is 4.92 Å². The van der Waals surface area contributed by atoms with Crippen LogP contribution < -0.4 is 0 Å². The number of non-ortho nitro benzene ring substituents is 1. The summed E-state index contributed by atoms with van der Waals surface area (Å²) in [5.74, 6) is 0. The Morgan fingerprint density at radius 3 is 2.74 bits per heavy atom. The maximum absolute atomic E-state index is 10.6. The Bertz CT molecular complexity index is 529. The Labute approximate surface area is 123 Å². The molecule has 1 atom stereocenters. The van der Waals surface area contributed by atoms with Crippen molar-refractivity contribution in [1.29, 1.82) is 0 Å². The zero-order valence-corrected chi connectivity index (χ0v) is 12.2. The molecule has 1 unspecified atom stereocenters. The molecule has 1 aliphatic heterocycles. The van der Waals surface area contributed by atoms with Crippen molar-refractivity contribution >= 4 is 38.2 Å². The van der Waals surface area contributed by atoms with Gasteiger partial charge in [-0.3, -0.25) is 10.1 Å². The van der Waals surface area contributed by atoms with Crippen LogP contribution in [0.4, 0.5) is 5.69 Å². The van der Waals surface area contributed by atoms with Crippen LogP contribution in [0.25, 0.3) is 0 Å². The molecular formula is C11H11IN4O3. The van der Waals surface area contributed by atoms with Gasteiger partial charge in [-0.15, -0.1) is 0 Å². The Hall–Kier alpha value is -1.55. The fourth-order valence-electron chi connectivity index (χ4n) is 1.65. The van der Waals surface area contributed by atoms with Gasteiger partial charge in [0.05, 0.1) is 11.1 Å². The summed E-state index contributed by atoms with van der Waals surface area (Å²) in [6.07, 6.45) is 1.32. The van der Waals surface area contributed by atoms with Gasteiger partial charge in [0.2, 0.25) is 0 Å². The first-order valence-corrected chi connectivity index (χ1v) is 6.47. The molecule has 1 aromatic rings. The highest BCUT2D eigenvalue weighted by atomic mass is 127. The summed E-state index contributed by atoms with van der Waals surface area (Å²) in [4.78, 5) is 14.7. The van der Waals surface area contributed by atoms with Gasteiger partial charge in [-0.05, 0) is 40.3 Å². The van der Waals surface area contributed by atoms with Crippen molar-refractivity contribution in [2.24, 2.45) is 10.1 Å². The zero-order valence-electron chi connectivity index (χ0n) is 10.1. The van der Waals surface area contributed by atoms with Crippen molar-refractivity contribution in [3.63, 3.8) is 0 Å². The van der Waals surface area contributed by atoms with Gasteiger partial charge in [0, 0.05) is 19.2 Å². The van der Waals surface area contributed by atoms with Gasteiger partial charge in [0.25, 0.3) is 5.69 Å². The van der Waals surface area contributed by atoms with Crippen molar-refractivity contribution in [3.8, 4) is 0 Å². The van der Waals surface area contributed by atoms with Gasteiger partial charge < -0.3 is 4.74 Å². The number of nitrogens with zero attached hydrogens (tertiary/aromatic N) is 4. The number of halogens is 1. The van der Waals surface area contributed by atoms with E-state index in [1.165, 1.54) is 12.1 Å². The molecule has 7 nitrogen and oxygen atoms in total. The number of methoxy groups -OCH3 is 1. The topological polar surface area (TPSA) is 80.3 Å². The van der Waals surface area contributed by atoms with E-state index in [-0.39, 0.29) is 11.9 Å². The van der Waals surface area contributed by atoms with Gasteiger partial charge in [-0.25, -0.2) is 10.0 Å². The molecule has 0 aliphatic carbocycles. The molecular weight excluding hydrogens is 363 g/mol. The highest BCUT2D eigenvalue weighted by Crippen LogP contribution is 2.27.